The predicted octanol–water partition coefficient (Wildman–Crippen LogP) is 1.66. The Kier molecular flexibility index (Phi) is 2.72. The minimum Gasteiger partial charge on any atom is -0.441 e. The molecular weight excluding hydrogens is 254 g/mol. The van der Waals surface area contributed by atoms with Crippen molar-refractivity contribution in [3.8, 4) is 0 Å². The summed E-state index contributed by atoms with van der Waals surface area (Å²) in [6, 6.07) is 6.26. The number of oxazole rings is 1. The van der Waals surface area contributed by atoms with E-state index in [4.69, 9.17) is 9.15 Å². The number of likely N-dealkylation sites (N-methyl/N-ethyl adjacent to an activating group) is 1. The van der Waals surface area contributed by atoms with Crippen molar-refractivity contribution in [2.24, 2.45) is 0 Å². The van der Waals surface area contributed by atoms with Crippen LogP contribution in [0.3, 0.4) is 0 Å². The smallest absolute Gasteiger partial charge is 0.192 e. The number of anilines is 1. The Morgan fingerprint density at radius 2 is 1.90 bits per heavy atom. The zero-order chi connectivity index (χ0) is 13.7. The third kappa shape index (κ3) is 2.07. The van der Waals surface area contributed by atoms with E-state index in [1.165, 1.54) is 5.69 Å². The summed E-state index contributed by atoms with van der Waals surface area (Å²) in [4.78, 5) is 9.19. The highest BCUT2D eigenvalue weighted by atomic mass is 16.5. The van der Waals surface area contributed by atoms with Crippen LogP contribution < -0.4 is 4.90 Å². The number of fused-ring (bicyclic) bond motifs is 3. The van der Waals surface area contributed by atoms with Gasteiger partial charge in [0.1, 0.15) is 5.52 Å². The zero-order valence-corrected chi connectivity index (χ0v) is 11.9. The third-order valence-electron chi connectivity index (χ3n) is 4.11. The molecule has 20 heavy (non-hydrogen) atoms. The van der Waals surface area contributed by atoms with Gasteiger partial charge in [-0.3, -0.25) is 0 Å². The average Bonchev–Trinajstić information content (AvgIpc) is 2.76. The van der Waals surface area contributed by atoms with Gasteiger partial charge in [-0.1, -0.05) is 0 Å². The molecule has 0 radical (unpaired) electrons. The zero-order valence-electron chi connectivity index (χ0n) is 11.9. The summed E-state index contributed by atoms with van der Waals surface area (Å²) < 4.78 is 11.6. The van der Waals surface area contributed by atoms with Crippen LogP contribution >= 0.6 is 0 Å². The van der Waals surface area contributed by atoms with Crippen LogP contribution in [0, 0.1) is 6.92 Å². The van der Waals surface area contributed by atoms with Gasteiger partial charge in [-0.2, -0.15) is 0 Å². The van der Waals surface area contributed by atoms with Gasteiger partial charge >= 0.3 is 0 Å². The number of benzene rings is 1. The SMILES string of the molecule is Cc1nc2cc(N3CC4CN(C)CC(C3)O4)ccc2o1. The molecule has 2 aromatic rings. The van der Waals surface area contributed by atoms with E-state index in [-0.39, 0.29) is 0 Å². The van der Waals surface area contributed by atoms with Gasteiger partial charge in [0.15, 0.2) is 11.5 Å². The molecule has 0 N–H and O–H groups in total. The lowest BCUT2D eigenvalue weighted by atomic mass is 10.1. The third-order valence-corrected chi connectivity index (χ3v) is 4.11. The molecule has 1 aromatic carbocycles. The molecule has 2 atom stereocenters. The number of hydrogen-bond acceptors (Lipinski definition) is 5. The largest absolute Gasteiger partial charge is 0.441 e. The second-order valence-corrected chi connectivity index (χ2v) is 5.89. The standard InChI is InChI=1S/C15H19N3O2/c1-10-16-14-5-11(3-4-15(14)19-10)18-8-12-6-17(2)7-13(9-18)20-12/h3-5,12-13H,6-9H2,1-2H3. The van der Waals surface area contributed by atoms with Gasteiger partial charge in [-0.25, -0.2) is 4.98 Å². The highest BCUT2D eigenvalue weighted by Gasteiger charge is 2.33. The van der Waals surface area contributed by atoms with E-state index in [0.717, 1.165) is 43.2 Å². The Bertz CT molecular complexity index is 621. The van der Waals surface area contributed by atoms with Crippen LogP contribution in [0.4, 0.5) is 5.69 Å². The molecular formula is C15H19N3O2. The number of morpholine rings is 2. The van der Waals surface area contributed by atoms with Gasteiger partial charge in [0.2, 0.25) is 0 Å². The van der Waals surface area contributed by atoms with Crippen LogP contribution in [0.2, 0.25) is 0 Å². The first-order chi connectivity index (χ1) is 9.67. The van der Waals surface area contributed by atoms with Crippen molar-refractivity contribution in [2.75, 3.05) is 38.1 Å². The maximum absolute atomic E-state index is 6.02. The van der Waals surface area contributed by atoms with Gasteiger partial charge < -0.3 is 19.0 Å². The van der Waals surface area contributed by atoms with E-state index in [2.05, 4.69) is 34.0 Å². The summed E-state index contributed by atoms with van der Waals surface area (Å²) in [6.45, 7) is 5.80. The Balaban J connectivity index is 1.62. The van der Waals surface area contributed by atoms with E-state index in [0.29, 0.717) is 12.2 Å². The van der Waals surface area contributed by atoms with Gasteiger partial charge in [0, 0.05) is 38.8 Å². The van der Waals surface area contributed by atoms with E-state index in [9.17, 15) is 0 Å². The summed E-state index contributed by atoms with van der Waals surface area (Å²) in [5, 5.41) is 0. The van der Waals surface area contributed by atoms with Crippen LogP contribution in [0.15, 0.2) is 22.6 Å². The lowest BCUT2D eigenvalue weighted by Crippen LogP contribution is -2.58. The molecule has 0 amide bonds. The van der Waals surface area contributed by atoms with Crippen LogP contribution in [-0.4, -0.2) is 55.3 Å². The number of aromatic nitrogens is 1. The van der Waals surface area contributed by atoms with Gasteiger partial charge in [-0.15, -0.1) is 0 Å². The topological polar surface area (TPSA) is 41.7 Å². The molecule has 2 aliphatic rings. The Morgan fingerprint density at radius 3 is 2.65 bits per heavy atom. The molecule has 2 saturated heterocycles. The molecule has 2 unspecified atom stereocenters. The van der Waals surface area contributed by atoms with Crippen molar-refractivity contribution in [1.29, 1.82) is 0 Å². The first-order valence-electron chi connectivity index (χ1n) is 7.13. The molecule has 4 rings (SSSR count). The monoisotopic (exact) mass is 273 g/mol. The van der Waals surface area contributed by atoms with Crippen molar-refractivity contribution in [2.45, 2.75) is 19.1 Å². The molecule has 0 spiro atoms. The minimum atomic E-state index is 0.308. The van der Waals surface area contributed by atoms with Crippen LogP contribution in [0.5, 0.6) is 0 Å². The lowest BCUT2D eigenvalue weighted by molar-refractivity contribution is -0.0875. The fourth-order valence-electron chi connectivity index (χ4n) is 3.33. The number of aryl methyl sites for hydroxylation is 1. The van der Waals surface area contributed by atoms with E-state index in [1.54, 1.807) is 0 Å². The highest BCUT2D eigenvalue weighted by molar-refractivity contribution is 5.77. The molecule has 5 heteroatoms. The molecule has 1 aromatic heterocycles. The number of ether oxygens (including phenoxy) is 1. The van der Waals surface area contributed by atoms with Crippen LogP contribution in [-0.2, 0) is 4.74 Å². The highest BCUT2D eigenvalue weighted by Crippen LogP contribution is 2.27. The number of hydrogen-bond donors (Lipinski definition) is 0. The second-order valence-electron chi connectivity index (χ2n) is 5.89. The van der Waals surface area contributed by atoms with Gasteiger partial charge in [-0.05, 0) is 25.2 Å². The Morgan fingerprint density at radius 1 is 1.15 bits per heavy atom. The molecule has 0 aliphatic carbocycles. The van der Waals surface area contributed by atoms with E-state index >= 15 is 0 Å². The fraction of sp³-hybridized carbons (Fsp3) is 0.533. The summed E-state index contributed by atoms with van der Waals surface area (Å²) in [6.07, 6.45) is 0.615. The van der Waals surface area contributed by atoms with Crippen LogP contribution in [0.1, 0.15) is 5.89 Å². The van der Waals surface area contributed by atoms with Crippen molar-refractivity contribution < 1.29 is 9.15 Å². The summed E-state index contributed by atoms with van der Waals surface area (Å²) >= 11 is 0. The van der Waals surface area contributed by atoms with Crippen molar-refractivity contribution in [3.63, 3.8) is 0 Å². The first-order valence-corrected chi connectivity index (χ1v) is 7.13. The number of rotatable bonds is 1. The Hall–Kier alpha value is -1.59. The van der Waals surface area contributed by atoms with Gasteiger partial charge in [0.05, 0.1) is 12.2 Å². The molecule has 106 valence electrons. The summed E-state index contributed by atoms with van der Waals surface area (Å²) in [5.41, 5.74) is 3.02. The number of nitrogens with zero attached hydrogens (tertiary/aromatic N) is 3. The van der Waals surface area contributed by atoms with E-state index in [1.807, 2.05) is 13.0 Å². The summed E-state index contributed by atoms with van der Waals surface area (Å²) in [5.74, 6) is 0.720. The minimum absolute atomic E-state index is 0.308. The average molecular weight is 273 g/mol. The fourth-order valence-corrected chi connectivity index (χ4v) is 3.33. The molecule has 2 bridgehead atoms. The normalized spacial score (nSPS) is 27.2. The lowest BCUT2D eigenvalue weighted by Gasteiger charge is -2.45. The summed E-state index contributed by atoms with van der Waals surface area (Å²) in [7, 11) is 2.17. The molecule has 2 fully saturated rings. The second kappa shape index (κ2) is 4.46. The predicted molar refractivity (Wildman–Crippen MR) is 77.1 cm³/mol. The maximum atomic E-state index is 6.02. The quantitative estimate of drug-likeness (QED) is 0.790. The maximum Gasteiger partial charge on any atom is 0.192 e. The first kappa shape index (κ1) is 12.2. The van der Waals surface area contributed by atoms with Crippen LogP contribution in [0.25, 0.3) is 11.1 Å². The molecule has 5 nitrogen and oxygen atoms in total. The molecule has 2 aliphatic heterocycles. The van der Waals surface area contributed by atoms with Crippen molar-refractivity contribution >= 4 is 16.8 Å². The van der Waals surface area contributed by atoms with Gasteiger partial charge in [0.25, 0.3) is 0 Å². The Labute approximate surface area is 118 Å². The molecule has 3 heterocycles. The van der Waals surface area contributed by atoms with Crippen molar-refractivity contribution in [3.05, 3.63) is 24.1 Å². The van der Waals surface area contributed by atoms with E-state index < -0.39 is 0 Å². The van der Waals surface area contributed by atoms with Crippen molar-refractivity contribution in [1.82, 2.24) is 9.88 Å². The molecule has 0 saturated carbocycles.